The van der Waals surface area contributed by atoms with Gasteiger partial charge in [-0.25, -0.2) is 9.18 Å². The van der Waals surface area contributed by atoms with Gasteiger partial charge < -0.3 is 14.6 Å². The molecule has 4 nitrogen and oxygen atoms in total. The molecule has 0 heterocycles. The number of carbonyl (C=O) groups is 1. The lowest BCUT2D eigenvalue weighted by Crippen LogP contribution is -2.28. The minimum absolute atomic E-state index is 0.207. The first kappa shape index (κ1) is 14.4. The highest BCUT2D eigenvalue weighted by atomic mass is 19.1. The van der Waals surface area contributed by atoms with Crippen molar-refractivity contribution in [1.82, 2.24) is 0 Å². The highest BCUT2D eigenvalue weighted by Gasteiger charge is 2.19. The van der Waals surface area contributed by atoms with Gasteiger partial charge in [0, 0.05) is 6.07 Å². The average Bonchev–Trinajstić information content (AvgIpc) is 2.35. The van der Waals surface area contributed by atoms with Crippen molar-refractivity contribution < 1.29 is 23.8 Å². The van der Waals surface area contributed by atoms with Crippen LogP contribution in [0.2, 0.25) is 0 Å². The number of rotatable bonds is 6. The molecular formula is C13H17FO4. The summed E-state index contributed by atoms with van der Waals surface area (Å²) in [7, 11) is 0. The van der Waals surface area contributed by atoms with Gasteiger partial charge in [0.05, 0.1) is 13.2 Å². The van der Waals surface area contributed by atoms with Gasteiger partial charge in [-0.05, 0) is 31.0 Å². The normalized spacial score (nSPS) is 12.0. The summed E-state index contributed by atoms with van der Waals surface area (Å²) in [6.45, 7) is 3.46. The van der Waals surface area contributed by atoms with Crippen molar-refractivity contribution in [3.8, 4) is 5.75 Å². The van der Waals surface area contributed by atoms with Gasteiger partial charge in [-0.15, -0.1) is 0 Å². The summed E-state index contributed by atoms with van der Waals surface area (Å²) in [6, 6.07) is 3.87. The van der Waals surface area contributed by atoms with Crippen LogP contribution in [0.15, 0.2) is 18.2 Å². The first-order valence-electron chi connectivity index (χ1n) is 5.84. The van der Waals surface area contributed by atoms with Crippen LogP contribution in [0.1, 0.15) is 25.8 Å². The number of halogens is 1. The first-order chi connectivity index (χ1) is 8.60. The topological polar surface area (TPSA) is 55.8 Å². The summed E-state index contributed by atoms with van der Waals surface area (Å²) < 4.78 is 23.4. The van der Waals surface area contributed by atoms with Gasteiger partial charge >= 0.3 is 5.97 Å². The fourth-order valence-corrected chi connectivity index (χ4v) is 1.48. The Balaban J connectivity index is 2.81. The number of aliphatic hydroxyl groups is 1. The summed E-state index contributed by atoms with van der Waals surface area (Å²) in [6.07, 6.45) is -0.345. The fourth-order valence-electron chi connectivity index (χ4n) is 1.48. The van der Waals surface area contributed by atoms with Crippen LogP contribution in [0.4, 0.5) is 4.39 Å². The maximum absolute atomic E-state index is 13.2. The molecular weight excluding hydrogens is 239 g/mol. The van der Waals surface area contributed by atoms with Crippen LogP contribution in [0.25, 0.3) is 0 Å². The van der Waals surface area contributed by atoms with Crippen molar-refractivity contribution in [3.63, 3.8) is 0 Å². The molecule has 1 aromatic rings. The van der Waals surface area contributed by atoms with Crippen LogP contribution in [-0.4, -0.2) is 23.8 Å². The average molecular weight is 256 g/mol. The van der Waals surface area contributed by atoms with Gasteiger partial charge in [-0.1, -0.05) is 6.92 Å². The predicted molar refractivity (Wildman–Crippen MR) is 63.7 cm³/mol. The zero-order valence-electron chi connectivity index (χ0n) is 10.5. The lowest BCUT2D eigenvalue weighted by molar-refractivity contribution is -0.151. The number of aliphatic hydroxyl groups excluding tert-OH is 1. The maximum atomic E-state index is 13.2. The lowest BCUT2D eigenvalue weighted by Gasteiger charge is -2.16. The highest BCUT2D eigenvalue weighted by Crippen LogP contribution is 2.19. The summed E-state index contributed by atoms with van der Waals surface area (Å²) >= 11 is 0. The third kappa shape index (κ3) is 4.00. The summed E-state index contributed by atoms with van der Waals surface area (Å²) in [5.74, 6) is -0.788. The largest absolute Gasteiger partial charge is 0.479 e. The van der Waals surface area contributed by atoms with Crippen molar-refractivity contribution in [1.29, 1.82) is 0 Å². The second-order valence-corrected chi connectivity index (χ2v) is 3.72. The third-order valence-electron chi connectivity index (χ3n) is 2.31. The van der Waals surface area contributed by atoms with Crippen molar-refractivity contribution in [2.24, 2.45) is 0 Å². The zero-order valence-corrected chi connectivity index (χ0v) is 10.5. The van der Waals surface area contributed by atoms with Crippen LogP contribution >= 0.6 is 0 Å². The highest BCUT2D eigenvalue weighted by molar-refractivity contribution is 5.75. The Labute approximate surface area is 105 Å². The number of carbonyl (C=O) groups excluding carboxylic acids is 1. The molecule has 0 spiro atoms. The van der Waals surface area contributed by atoms with Gasteiger partial charge in [0.25, 0.3) is 0 Å². The molecule has 0 radical (unpaired) electrons. The molecule has 1 N–H and O–H groups in total. The molecule has 1 atom stereocenters. The van der Waals surface area contributed by atoms with Crippen molar-refractivity contribution >= 4 is 5.97 Å². The van der Waals surface area contributed by atoms with Crippen LogP contribution in [0.5, 0.6) is 5.75 Å². The minimum Gasteiger partial charge on any atom is -0.479 e. The van der Waals surface area contributed by atoms with E-state index in [1.54, 1.807) is 13.8 Å². The van der Waals surface area contributed by atoms with E-state index in [1.165, 1.54) is 18.2 Å². The first-order valence-corrected chi connectivity index (χ1v) is 5.84. The van der Waals surface area contributed by atoms with E-state index in [0.717, 1.165) is 0 Å². The van der Waals surface area contributed by atoms with Crippen molar-refractivity contribution in [2.75, 3.05) is 6.61 Å². The van der Waals surface area contributed by atoms with Gasteiger partial charge in [0.15, 0.2) is 6.10 Å². The van der Waals surface area contributed by atoms with Crippen LogP contribution < -0.4 is 4.74 Å². The predicted octanol–water partition coefficient (Wildman–Crippen LogP) is 2.04. The number of hydrogen-bond donors (Lipinski definition) is 1. The molecule has 18 heavy (non-hydrogen) atoms. The molecule has 0 aliphatic heterocycles. The van der Waals surface area contributed by atoms with Crippen molar-refractivity contribution in [3.05, 3.63) is 29.6 Å². The Kier molecular flexibility index (Phi) is 5.58. The van der Waals surface area contributed by atoms with Gasteiger partial charge in [0.1, 0.15) is 11.6 Å². The van der Waals surface area contributed by atoms with E-state index in [2.05, 4.69) is 0 Å². The second-order valence-electron chi connectivity index (χ2n) is 3.72. The van der Waals surface area contributed by atoms with E-state index in [0.29, 0.717) is 12.0 Å². The maximum Gasteiger partial charge on any atom is 0.347 e. The molecule has 0 aliphatic carbocycles. The van der Waals surface area contributed by atoms with E-state index in [1.807, 2.05) is 0 Å². The summed E-state index contributed by atoms with van der Waals surface area (Å²) in [5.41, 5.74) is 0.392. The minimum atomic E-state index is -0.765. The van der Waals surface area contributed by atoms with Gasteiger partial charge in [-0.3, -0.25) is 0 Å². The number of benzene rings is 1. The SMILES string of the molecule is CCOC(=O)C(CC)Oc1cc(F)cc(CO)c1. The lowest BCUT2D eigenvalue weighted by atomic mass is 10.2. The van der Waals surface area contributed by atoms with E-state index in [-0.39, 0.29) is 19.0 Å². The van der Waals surface area contributed by atoms with Crippen LogP contribution in [-0.2, 0) is 16.1 Å². The molecule has 0 fully saturated rings. The number of ether oxygens (including phenoxy) is 2. The Hall–Kier alpha value is -1.62. The third-order valence-corrected chi connectivity index (χ3v) is 2.31. The van der Waals surface area contributed by atoms with E-state index in [4.69, 9.17) is 14.6 Å². The standard InChI is InChI=1S/C13H17FO4/c1-3-12(13(16)17-4-2)18-11-6-9(8-15)5-10(14)7-11/h5-7,12,15H,3-4,8H2,1-2H3. The smallest absolute Gasteiger partial charge is 0.347 e. The monoisotopic (exact) mass is 256 g/mol. The Morgan fingerprint density at radius 3 is 2.67 bits per heavy atom. The van der Waals surface area contributed by atoms with E-state index >= 15 is 0 Å². The van der Waals surface area contributed by atoms with Gasteiger partial charge in [-0.2, -0.15) is 0 Å². The van der Waals surface area contributed by atoms with E-state index < -0.39 is 17.9 Å². The molecule has 0 bridgehead atoms. The summed E-state index contributed by atoms with van der Waals surface area (Å²) in [4.78, 5) is 11.5. The molecule has 1 rings (SSSR count). The Morgan fingerprint density at radius 1 is 1.39 bits per heavy atom. The molecule has 0 saturated carbocycles. The zero-order chi connectivity index (χ0) is 13.5. The molecule has 1 unspecified atom stereocenters. The molecule has 0 saturated heterocycles. The fraction of sp³-hybridized carbons (Fsp3) is 0.462. The quantitative estimate of drug-likeness (QED) is 0.791. The molecule has 0 aliphatic rings. The van der Waals surface area contributed by atoms with Gasteiger partial charge in [0.2, 0.25) is 0 Å². The Bertz CT molecular complexity index is 406. The van der Waals surface area contributed by atoms with Crippen LogP contribution in [0, 0.1) is 5.82 Å². The molecule has 1 aromatic carbocycles. The molecule has 5 heteroatoms. The number of esters is 1. The van der Waals surface area contributed by atoms with Crippen LogP contribution in [0.3, 0.4) is 0 Å². The molecule has 0 aromatic heterocycles. The molecule has 100 valence electrons. The summed E-state index contributed by atoms with van der Waals surface area (Å²) in [5, 5.41) is 8.96. The molecule has 0 amide bonds. The number of hydrogen-bond acceptors (Lipinski definition) is 4. The van der Waals surface area contributed by atoms with E-state index in [9.17, 15) is 9.18 Å². The van der Waals surface area contributed by atoms with Crippen molar-refractivity contribution in [2.45, 2.75) is 33.0 Å². The second kappa shape index (κ2) is 6.96. The Morgan fingerprint density at radius 2 is 2.11 bits per heavy atom.